The summed E-state index contributed by atoms with van der Waals surface area (Å²) in [6.45, 7) is 6.70. The number of rotatable bonds is 7. The highest BCUT2D eigenvalue weighted by atomic mass is 32.2. The third-order valence-corrected chi connectivity index (χ3v) is 4.11. The lowest BCUT2D eigenvalue weighted by atomic mass is 10.2. The Morgan fingerprint density at radius 3 is 2.31 bits per heavy atom. The number of hydrogen-bond donors (Lipinski definition) is 2. The van der Waals surface area contributed by atoms with Gasteiger partial charge in [-0.05, 0) is 18.1 Å². The molecule has 0 aliphatic heterocycles. The summed E-state index contributed by atoms with van der Waals surface area (Å²) in [6, 6.07) is 0.138. The minimum atomic E-state index is 0.138. The quantitative estimate of drug-likeness (QED) is 0.667. The van der Waals surface area contributed by atoms with Crippen LogP contribution in [-0.2, 0) is 0 Å². The van der Waals surface area contributed by atoms with Crippen LogP contribution in [0.5, 0.6) is 0 Å². The first-order valence-electron chi connectivity index (χ1n) is 5.13. The van der Waals surface area contributed by atoms with E-state index in [1.165, 1.54) is 6.42 Å². The second-order valence-electron chi connectivity index (χ2n) is 3.64. The maximum atomic E-state index is 9.11. The van der Waals surface area contributed by atoms with Gasteiger partial charge in [0.2, 0.25) is 0 Å². The van der Waals surface area contributed by atoms with Crippen LogP contribution >= 0.6 is 11.8 Å². The van der Waals surface area contributed by atoms with E-state index >= 15 is 0 Å². The maximum absolute atomic E-state index is 9.11. The standard InChI is InChI=1S/C10H23NOS/c1-4-8(3)7-13-10(6-12)9(11)5-2/h8-10,12H,4-7,11H2,1-3H3. The lowest BCUT2D eigenvalue weighted by Crippen LogP contribution is -2.34. The van der Waals surface area contributed by atoms with Crippen molar-refractivity contribution in [3.63, 3.8) is 0 Å². The molecule has 0 rings (SSSR count). The second-order valence-corrected chi connectivity index (χ2v) is 4.91. The van der Waals surface area contributed by atoms with Gasteiger partial charge in [0.15, 0.2) is 0 Å². The molecule has 0 aliphatic rings. The van der Waals surface area contributed by atoms with Crippen molar-refractivity contribution in [3.05, 3.63) is 0 Å². The summed E-state index contributed by atoms with van der Waals surface area (Å²) >= 11 is 1.81. The molecular formula is C10H23NOS. The summed E-state index contributed by atoms with van der Waals surface area (Å²) in [7, 11) is 0. The van der Waals surface area contributed by atoms with Crippen molar-refractivity contribution in [2.24, 2.45) is 11.7 Å². The highest BCUT2D eigenvalue weighted by Gasteiger charge is 2.16. The van der Waals surface area contributed by atoms with Gasteiger partial charge >= 0.3 is 0 Å². The second kappa shape index (κ2) is 7.65. The number of hydrogen-bond acceptors (Lipinski definition) is 3. The Bertz CT molecular complexity index is 121. The fourth-order valence-corrected chi connectivity index (χ4v) is 2.34. The van der Waals surface area contributed by atoms with Crippen LogP contribution in [0.1, 0.15) is 33.6 Å². The molecular weight excluding hydrogens is 182 g/mol. The van der Waals surface area contributed by atoms with E-state index in [1.54, 1.807) is 0 Å². The minimum Gasteiger partial charge on any atom is -0.395 e. The summed E-state index contributed by atoms with van der Waals surface area (Å²) in [5.74, 6) is 1.83. The van der Waals surface area contributed by atoms with Crippen molar-refractivity contribution in [2.75, 3.05) is 12.4 Å². The average molecular weight is 205 g/mol. The molecule has 0 aliphatic carbocycles. The van der Waals surface area contributed by atoms with Gasteiger partial charge in [0.05, 0.1) is 6.61 Å². The van der Waals surface area contributed by atoms with Gasteiger partial charge in [-0.1, -0.05) is 27.2 Å². The number of nitrogens with two attached hydrogens (primary N) is 1. The van der Waals surface area contributed by atoms with E-state index < -0.39 is 0 Å². The van der Waals surface area contributed by atoms with Crippen LogP contribution in [-0.4, -0.2) is 28.8 Å². The molecule has 2 nitrogen and oxygen atoms in total. The Hall–Kier alpha value is 0.270. The van der Waals surface area contributed by atoms with E-state index in [-0.39, 0.29) is 17.9 Å². The maximum Gasteiger partial charge on any atom is 0.0565 e. The molecule has 0 radical (unpaired) electrons. The van der Waals surface area contributed by atoms with E-state index in [4.69, 9.17) is 10.8 Å². The largest absolute Gasteiger partial charge is 0.395 e. The Kier molecular flexibility index (Phi) is 7.81. The normalized spacial score (nSPS) is 18.2. The zero-order valence-electron chi connectivity index (χ0n) is 8.99. The third kappa shape index (κ3) is 5.55. The molecule has 3 N–H and O–H groups in total. The van der Waals surface area contributed by atoms with Gasteiger partial charge in [0.1, 0.15) is 0 Å². The monoisotopic (exact) mass is 205 g/mol. The molecule has 3 unspecified atom stereocenters. The zero-order valence-corrected chi connectivity index (χ0v) is 9.81. The van der Waals surface area contributed by atoms with E-state index in [2.05, 4.69) is 20.8 Å². The van der Waals surface area contributed by atoms with Gasteiger partial charge in [-0.3, -0.25) is 0 Å². The summed E-state index contributed by atoms with van der Waals surface area (Å²) < 4.78 is 0. The van der Waals surface area contributed by atoms with Crippen LogP contribution < -0.4 is 5.73 Å². The number of aliphatic hydroxyl groups excluding tert-OH is 1. The van der Waals surface area contributed by atoms with E-state index in [0.29, 0.717) is 0 Å². The van der Waals surface area contributed by atoms with Crippen molar-refractivity contribution >= 4 is 11.8 Å². The molecule has 3 heteroatoms. The first-order chi connectivity index (χ1) is 6.15. The SMILES string of the molecule is CCC(C)CSC(CO)C(N)CC. The van der Waals surface area contributed by atoms with Crippen LogP contribution in [0.2, 0.25) is 0 Å². The lowest BCUT2D eigenvalue weighted by molar-refractivity contribution is 0.281. The smallest absolute Gasteiger partial charge is 0.0565 e. The Morgan fingerprint density at radius 1 is 1.31 bits per heavy atom. The summed E-state index contributed by atoms with van der Waals surface area (Å²) in [4.78, 5) is 0. The highest BCUT2D eigenvalue weighted by molar-refractivity contribution is 8.00. The molecule has 0 fully saturated rings. The first-order valence-corrected chi connectivity index (χ1v) is 6.18. The topological polar surface area (TPSA) is 46.2 Å². The molecule has 0 saturated heterocycles. The molecule has 0 aromatic carbocycles. The molecule has 0 aromatic rings. The van der Waals surface area contributed by atoms with Crippen molar-refractivity contribution in [2.45, 2.75) is 44.9 Å². The highest BCUT2D eigenvalue weighted by Crippen LogP contribution is 2.19. The predicted octanol–water partition coefficient (Wildman–Crippen LogP) is 1.86. The van der Waals surface area contributed by atoms with Crippen LogP contribution in [0.4, 0.5) is 0 Å². The molecule has 3 atom stereocenters. The zero-order chi connectivity index (χ0) is 10.3. The Morgan fingerprint density at radius 2 is 1.92 bits per heavy atom. The fourth-order valence-electron chi connectivity index (χ4n) is 0.980. The van der Waals surface area contributed by atoms with Gasteiger partial charge in [-0.15, -0.1) is 0 Å². The van der Waals surface area contributed by atoms with Crippen LogP contribution in [0.25, 0.3) is 0 Å². The predicted molar refractivity (Wildman–Crippen MR) is 61.1 cm³/mol. The van der Waals surface area contributed by atoms with E-state index in [9.17, 15) is 0 Å². The summed E-state index contributed by atoms with van der Waals surface area (Å²) in [6.07, 6.45) is 2.14. The molecule has 0 saturated carbocycles. The van der Waals surface area contributed by atoms with Crippen molar-refractivity contribution in [3.8, 4) is 0 Å². The van der Waals surface area contributed by atoms with Gasteiger partial charge in [0, 0.05) is 11.3 Å². The summed E-state index contributed by atoms with van der Waals surface area (Å²) in [5, 5.41) is 9.33. The Balaban J connectivity index is 3.71. The van der Waals surface area contributed by atoms with Crippen LogP contribution in [0, 0.1) is 5.92 Å². The first kappa shape index (κ1) is 13.3. The van der Waals surface area contributed by atoms with E-state index in [0.717, 1.165) is 18.1 Å². The lowest BCUT2D eigenvalue weighted by Gasteiger charge is -2.21. The molecule has 0 bridgehead atoms. The number of thioether (sulfide) groups is 1. The van der Waals surface area contributed by atoms with Crippen molar-refractivity contribution in [1.82, 2.24) is 0 Å². The van der Waals surface area contributed by atoms with Gasteiger partial charge in [0.25, 0.3) is 0 Å². The molecule has 0 heterocycles. The molecule has 13 heavy (non-hydrogen) atoms. The Labute approximate surface area is 86.3 Å². The average Bonchev–Trinajstić information content (AvgIpc) is 2.17. The summed E-state index contributed by atoms with van der Waals surface area (Å²) in [5.41, 5.74) is 5.87. The van der Waals surface area contributed by atoms with Crippen LogP contribution in [0.3, 0.4) is 0 Å². The fraction of sp³-hybridized carbons (Fsp3) is 1.00. The third-order valence-electron chi connectivity index (χ3n) is 2.42. The molecule has 0 spiro atoms. The molecule has 80 valence electrons. The van der Waals surface area contributed by atoms with Crippen molar-refractivity contribution < 1.29 is 5.11 Å². The van der Waals surface area contributed by atoms with Gasteiger partial charge in [-0.2, -0.15) is 11.8 Å². The van der Waals surface area contributed by atoms with Gasteiger partial charge < -0.3 is 10.8 Å². The molecule has 0 amide bonds. The van der Waals surface area contributed by atoms with Crippen molar-refractivity contribution in [1.29, 1.82) is 0 Å². The van der Waals surface area contributed by atoms with E-state index in [1.807, 2.05) is 11.8 Å². The minimum absolute atomic E-state index is 0.138. The number of aliphatic hydroxyl groups is 1. The van der Waals surface area contributed by atoms with Gasteiger partial charge in [-0.25, -0.2) is 0 Å². The molecule has 0 aromatic heterocycles. The van der Waals surface area contributed by atoms with Crippen LogP contribution in [0.15, 0.2) is 0 Å².